The van der Waals surface area contributed by atoms with Gasteiger partial charge in [-0.3, -0.25) is 0 Å². The third kappa shape index (κ3) is 4.61. The first-order valence-corrected chi connectivity index (χ1v) is 10.8. The molecule has 1 aliphatic carbocycles. The van der Waals surface area contributed by atoms with Gasteiger partial charge in [-0.15, -0.1) is 0 Å². The van der Waals surface area contributed by atoms with Gasteiger partial charge >= 0.3 is 11.9 Å². The van der Waals surface area contributed by atoms with Crippen LogP contribution in [0.1, 0.15) is 26.3 Å². The minimum atomic E-state index is -4.00. The van der Waals surface area contributed by atoms with Crippen LogP contribution in [0, 0.1) is 23.3 Å². The lowest BCUT2D eigenvalue weighted by Gasteiger charge is -2.39. The molecule has 0 bridgehead atoms. The summed E-state index contributed by atoms with van der Waals surface area (Å²) in [5.41, 5.74) is -6.90. The third-order valence-electron chi connectivity index (χ3n) is 5.69. The fraction of sp³-hybridized carbons (Fsp3) is 0.0769. The SMILES string of the molecule is O=C(O)c1cccc(OC2=C(F)C(F)=C(F)C(Oc3cccc(C(=O)O)c3)(c3cc(F)c(F)c(F)c3F)C2F)c1. The number of halogens is 8. The van der Waals surface area contributed by atoms with Crippen LogP contribution in [0.15, 0.2) is 77.8 Å². The van der Waals surface area contributed by atoms with Crippen molar-refractivity contribution in [1.29, 1.82) is 0 Å². The highest BCUT2D eigenvalue weighted by Crippen LogP contribution is 2.51. The van der Waals surface area contributed by atoms with Crippen molar-refractivity contribution in [2.75, 3.05) is 0 Å². The van der Waals surface area contributed by atoms with Crippen LogP contribution >= 0.6 is 0 Å². The van der Waals surface area contributed by atoms with Crippen molar-refractivity contribution in [3.8, 4) is 11.5 Å². The minimum absolute atomic E-state index is 0.264. The molecule has 0 spiro atoms. The summed E-state index contributed by atoms with van der Waals surface area (Å²) < 4.78 is 129. The number of carbonyl (C=O) groups is 2. The molecule has 2 N–H and O–H groups in total. The molecule has 4 rings (SSSR count). The van der Waals surface area contributed by atoms with Crippen LogP contribution in [0.2, 0.25) is 0 Å². The molecule has 2 atom stereocenters. The van der Waals surface area contributed by atoms with Gasteiger partial charge < -0.3 is 19.7 Å². The molecule has 40 heavy (non-hydrogen) atoms. The molecule has 0 amide bonds. The number of allylic oxidation sites excluding steroid dienone is 2. The van der Waals surface area contributed by atoms with E-state index in [0.29, 0.717) is 6.07 Å². The molecule has 208 valence electrons. The van der Waals surface area contributed by atoms with E-state index in [1.807, 2.05) is 0 Å². The number of hydrogen-bond donors (Lipinski definition) is 2. The fourth-order valence-electron chi connectivity index (χ4n) is 3.82. The third-order valence-corrected chi connectivity index (χ3v) is 5.69. The highest BCUT2D eigenvalue weighted by atomic mass is 19.2. The van der Waals surface area contributed by atoms with Gasteiger partial charge in [-0.2, -0.15) is 4.39 Å². The predicted molar refractivity (Wildman–Crippen MR) is 118 cm³/mol. The molecule has 0 radical (unpaired) electrons. The van der Waals surface area contributed by atoms with Gasteiger partial charge in [0.15, 0.2) is 40.7 Å². The number of ether oxygens (including phenoxy) is 2. The van der Waals surface area contributed by atoms with Crippen LogP contribution < -0.4 is 9.47 Å². The summed E-state index contributed by atoms with van der Waals surface area (Å²) in [7, 11) is 0. The van der Waals surface area contributed by atoms with Crippen molar-refractivity contribution >= 4 is 11.9 Å². The maximum absolute atomic E-state index is 16.2. The van der Waals surface area contributed by atoms with Gasteiger partial charge in [0.05, 0.1) is 11.1 Å². The Balaban J connectivity index is 1.99. The number of hydrogen-bond acceptors (Lipinski definition) is 4. The minimum Gasteiger partial charge on any atom is -0.478 e. The predicted octanol–water partition coefficient (Wildman–Crippen LogP) is 6.68. The van der Waals surface area contributed by atoms with Crippen LogP contribution in [0.5, 0.6) is 11.5 Å². The molecular weight excluding hydrogens is 560 g/mol. The van der Waals surface area contributed by atoms with Crippen molar-refractivity contribution in [2.45, 2.75) is 11.8 Å². The summed E-state index contributed by atoms with van der Waals surface area (Å²) in [6.45, 7) is 0. The molecule has 0 saturated heterocycles. The largest absolute Gasteiger partial charge is 0.478 e. The van der Waals surface area contributed by atoms with E-state index in [9.17, 15) is 41.0 Å². The number of carboxylic acids is 2. The summed E-state index contributed by atoms with van der Waals surface area (Å²) in [6.07, 6.45) is -3.55. The van der Waals surface area contributed by atoms with E-state index in [0.717, 1.165) is 42.5 Å². The lowest BCUT2D eigenvalue weighted by molar-refractivity contribution is -0.0138. The van der Waals surface area contributed by atoms with Crippen molar-refractivity contribution < 1.29 is 64.4 Å². The van der Waals surface area contributed by atoms with Gasteiger partial charge in [0.1, 0.15) is 11.5 Å². The zero-order chi connectivity index (χ0) is 29.5. The monoisotopic (exact) mass is 572 g/mol. The highest BCUT2D eigenvalue weighted by molar-refractivity contribution is 5.88. The maximum Gasteiger partial charge on any atom is 0.335 e. The van der Waals surface area contributed by atoms with E-state index in [2.05, 4.69) is 0 Å². The summed E-state index contributed by atoms with van der Waals surface area (Å²) >= 11 is 0. The van der Waals surface area contributed by atoms with Crippen LogP contribution in [-0.2, 0) is 5.60 Å². The van der Waals surface area contributed by atoms with E-state index < -0.39 is 98.4 Å². The Kier molecular flexibility index (Phi) is 7.28. The molecule has 0 aromatic heterocycles. The topological polar surface area (TPSA) is 93.1 Å². The Morgan fingerprint density at radius 3 is 1.85 bits per heavy atom. The zero-order valence-corrected chi connectivity index (χ0v) is 19.3. The van der Waals surface area contributed by atoms with Crippen LogP contribution in [0.25, 0.3) is 0 Å². The van der Waals surface area contributed by atoms with E-state index >= 15 is 8.78 Å². The zero-order valence-electron chi connectivity index (χ0n) is 19.3. The van der Waals surface area contributed by atoms with Crippen LogP contribution in [-0.4, -0.2) is 28.3 Å². The van der Waals surface area contributed by atoms with E-state index in [1.165, 1.54) is 0 Å². The second-order valence-electron chi connectivity index (χ2n) is 8.12. The van der Waals surface area contributed by atoms with Gasteiger partial charge in [-0.1, -0.05) is 12.1 Å². The molecule has 1 aliphatic rings. The first-order chi connectivity index (χ1) is 18.8. The number of benzene rings is 3. The van der Waals surface area contributed by atoms with Gasteiger partial charge in [0, 0.05) is 5.56 Å². The fourth-order valence-corrected chi connectivity index (χ4v) is 3.82. The lowest BCUT2D eigenvalue weighted by atomic mass is 9.82. The molecule has 0 aliphatic heterocycles. The Hall–Kier alpha value is -4.88. The molecule has 6 nitrogen and oxygen atoms in total. The Bertz CT molecular complexity index is 1620. The second kappa shape index (κ2) is 10.4. The number of carboxylic acid groups (broad SMARTS) is 2. The number of rotatable bonds is 7. The standard InChI is InChI=1S/C26H12F8O6/c27-15-9-14(16(28)18(30)17(15)29)26(40-13-6-2-4-11(8-13)25(37)38)22(33)20(32)19(31)21(23(26)34)39-12-5-1-3-10(7-12)24(35)36/h1-9,23H,(H,35,36)(H,37,38). The normalized spacial score (nSPS) is 19.1. The summed E-state index contributed by atoms with van der Waals surface area (Å²) in [4.78, 5) is 22.6. The Morgan fingerprint density at radius 2 is 1.27 bits per heavy atom. The van der Waals surface area contributed by atoms with E-state index in [-0.39, 0.29) is 6.07 Å². The lowest BCUT2D eigenvalue weighted by Crippen LogP contribution is -2.49. The first kappa shape index (κ1) is 28.1. The van der Waals surface area contributed by atoms with Gasteiger partial charge in [0.25, 0.3) is 0 Å². The molecule has 3 aromatic carbocycles. The van der Waals surface area contributed by atoms with E-state index in [4.69, 9.17) is 14.6 Å². The molecular formula is C26H12F8O6. The van der Waals surface area contributed by atoms with Crippen molar-refractivity contribution in [3.63, 3.8) is 0 Å². The smallest absolute Gasteiger partial charge is 0.335 e. The van der Waals surface area contributed by atoms with E-state index in [1.54, 1.807) is 0 Å². The molecule has 0 fully saturated rings. The average Bonchev–Trinajstić information content (AvgIpc) is 2.93. The van der Waals surface area contributed by atoms with Crippen LogP contribution in [0.3, 0.4) is 0 Å². The summed E-state index contributed by atoms with van der Waals surface area (Å²) in [6, 6.07) is 6.88. The molecule has 0 saturated carbocycles. The van der Waals surface area contributed by atoms with Crippen molar-refractivity contribution in [2.24, 2.45) is 0 Å². The molecule has 3 aromatic rings. The summed E-state index contributed by atoms with van der Waals surface area (Å²) in [5, 5.41) is 18.3. The van der Waals surface area contributed by atoms with Gasteiger partial charge in [-0.25, -0.2) is 40.3 Å². The Labute approximate surface area is 218 Å². The van der Waals surface area contributed by atoms with Gasteiger partial charge in [-0.05, 0) is 42.5 Å². The first-order valence-electron chi connectivity index (χ1n) is 10.8. The number of alkyl halides is 1. The second-order valence-corrected chi connectivity index (χ2v) is 8.12. The highest BCUT2D eigenvalue weighted by Gasteiger charge is 2.59. The molecule has 0 heterocycles. The van der Waals surface area contributed by atoms with Crippen molar-refractivity contribution in [3.05, 3.63) is 118 Å². The Morgan fingerprint density at radius 1 is 0.725 bits per heavy atom. The molecule has 14 heteroatoms. The quantitative estimate of drug-likeness (QED) is 0.187. The maximum atomic E-state index is 16.2. The van der Waals surface area contributed by atoms with Crippen LogP contribution in [0.4, 0.5) is 35.1 Å². The average molecular weight is 572 g/mol. The number of aromatic carboxylic acids is 2. The van der Waals surface area contributed by atoms with Crippen molar-refractivity contribution in [1.82, 2.24) is 0 Å². The molecule has 2 unspecified atom stereocenters. The summed E-state index contributed by atoms with van der Waals surface area (Å²) in [5.74, 6) is -23.6. The van der Waals surface area contributed by atoms with Gasteiger partial charge in [0.2, 0.25) is 17.6 Å².